The molecule has 19 heavy (non-hydrogen) atoms. The van der Waals surface area contributed by atoms with Gasteiger partial charge in [0.15, 0.2) is 0 Å². The second kappa shape index (κ2) is 6.10. The first-order chi connectivity index (χ1) is 8.90. The summed E-state index contributed by atoms with van der Waals surface area (Å²) in [5.41, 5.74) is 0.595. The molecule has 100 valence electrons. The quantitative estimate of drug-likeness (QED) is 0.605. The first-order valence-corrected chi connectivity index (χ1v) is 7.52. The summed E-state index contributed by atoms with van der Waals surface area (Å²) >= 11 is 18.3. The molecule has 0 spiro atoms. The lowest BCUT2D eigenvalue weighted by atomic mass is 10.0. The van der Waals surface area contributed by atoms with E-state index in [1.165, 1.54) is 12.1 Å². The van der Waals surface area contributed by atoms with E-state index >= 15 is 0 Å². The molecule has 0 amide bonds. The Morgan fingerprint density at radius 2 is 1.63 bits per heavy atom. The number of rotatable bonds is 2. The molecular weight excluding hydrogens is 422 g/mol. The molecule has 2 rings (SSSR count). The maximum atomic E-state index is 13.9. The minimum absolute atomic E-state index is 0.103. The second-order valence-corrected chi connectivity index (χ2v) is 6.39. The summed E-state index contributed by atoms with van der Waals surface area (Å²) in [4.78, 5) is 0. The van der Waals surface area contributed by atoms with Crippen LogP contribution in [-0.4, -0.2) is 5.11 Å². The molecule has 1 nitrogen and oxygen atoms in total. The van der Waals surface area contributed by atoms with Gasteiger partial charge in [0.25, 0.3) is 0 Å². The van der Waals surface area contributed by atoms with Crippen molar-refractivity contribution in [1.29, 1.82) is 0 Å². The van der Waals surface area contributed by atoms with Crippen molar-refractivity contribution in [2.45, 2.75) is 6.10 Å². The maximum absolute atomic E-state index is 13.9. The third-order valence-corrected chi connectivity index (χ3v) is 5.02. The number of hydrogen-bond donors (Lipinski definition) is 1. The Labute approximate surface area is 136 Å². The van der Waals surface area contributed by atoms with Crippen molar-refractivity contribution in [3.63, 3.8) is 0 Å². The fourth-order valence-corrected chi connectivity index (χ4v) is 2.53. The average Bonchev–Trinajstić information content (AvgIpc) is 2.36. The van der Waals surface area contributed by atoms with Gasteiger partial charge in [0.05, 0.1) is 10.0 Å². The van der Waals surface area contributed by atoms with Crippen molar-refractivity contribution < 1.29 is 9.50 Å². The van der Waals surface area contributed by atoms with E-state index < -0.39 is 11.9 Å². The standard InChI is InChI=1S/C13H7Br2Cl2FO/c14-8-2-1-6(3-10(8)16)13(19)7-4-11(17)9(15)5-12(7)18/h1-5,13,19H. The van der Waals surface area contributed by atoms with Crippen LogP contribution in [0.3, 0.4) is 0 Å². The van der Waals surface area contributed by atoms with Crippen molar-refractivity contribution in [3.05, 3.63) is 66.3 Å². The molecule has 0 bridgehead atoms. The number of aliphatic hydroxyl groups excluding tert-OH is 1. The summed E-state index contributed by atoms with van der Waals surface area (Å²) in [5.74, 6) is -0.539. The molecule has 0 heterocycles. The normalized spacial score (nSPS) is 12.5. The molecule has 2 aromatic carbocycles. The van der Waals surface area contributed by atoms with Crippen LogP contribution in [-0.2, 0) is 0 Å². The summed E-state index contributed by atoms with van der Waals surface area (Å²) in [5, 5.41) is 11.0. The van der Waals surface area contributed by atoms with Gasteiger partial charge >= 0.3 is 0 Å². The van der Waals surface area contributed by atoms with Gasteiger partial charge in [-0.2, -0.15) is 0 Å². The molecule has 0 aliphatic carbocycles. The lowest BCUT2D eigenvalue weighted by Gasteiger charge is -2.14. The van der Waals surface area contributed by atoms with Crippen LogP contribution in [0.1, 0.15) is 17.2 Å². The summed E-state index contributed by atoms with van der Waals surface area (Å²) in [6.45, 7) is 0. The van der Waals surface area contributed by atoms with Crippen LogP contribution in [0.2, 0.25) is 10.0 Å². The lowest BCUT2D eigenvalue weighted by Crippen LogP contribution is -2.03. The molecule has 6 heteroatoms. The van der Waals surface area contributed by atoms with Gasteiger partial charge in [0, 0.05) is 14.5 Å². The molecule has 0 saturated carbocycles. The second-order valence-electron chi connectivity index (χ2n) is 3.86. The highest BCUT2D eigenvalue weighted by atomic mass is 79.9. The van der Waals surface area contributed by atoms with Gasteiger partial charge in [-0.25, -0.2) is 4.39 Å². The maximum Gasteiger partial charge on any atom is 0.130 e. The van der Waals surface area contributed by atoms with Crippen LogP contribution in [0.5, 0.6) is 0 Å². The number of halogens is 5. The lowest BCUT2D eigenvalue weighted by molar-refractivity contribution is 0.215. The molecule has 0 saturated heterocycles. The SMILES string of the molecule is OC(c1ccc(Br)c(Cl)c1)c1cc(Cl)c(Br)cc1F. The molecule has 2 aromatic rings. The zero-order chi connectivity index (χ0) is 14.2. The van der Waals surface area contributed by atoms with Crippen molar-refractivity contribution in [1.82, 2.24) is 0 Å². The molecule has 0 aromatic heterocycles. The zero-order valence-electron chi connectivity index (χ0n) is 9.30. The molecule has 0 aliphatic heterocycles. The predicted molar refractivity (Wildman–Crippen MR) is 82.3 cm³/mol. The van der Waals surface area contributed by atoms with Crippen molar-refractivity contribution in [2.75, 3.05) is 0 Å². The van der Waals surface area contributed by atoms with Crippen LogP contribution in [0.4, 0.5) is 4.39 Å². The van der Waals surface area contributed by atoms with Crippen LogP contribution in [0.15, 0.2) is 39.3 Å². The molecule has 0 aliphatic rings. The third-order valence-electron chi connectivity index (χ3n) is 2.59. The third kappa shape index (κ3) is 3.31. The Morgan fingerprint density at radius 1 is 1.00 bits per heavy atom. The van der Waals surface area contributed by atoms with Gasteiger partial charge in [0.1, 0.15) is 11.9 Å². The first-order valence-electron chi connectivity index (χ1n) is 5.17. The van der Waals surface area contributed by atoms with Gasteiger partial charge in [-0.3, -0.25) is 0 Å². The Kier molecular flexibility index (Phi) is 4.90. The summed E-state index contributed by atoms with van der Waals surface area (Å²) in [6.07, 6.45) is -1.13. The monoisotopic (exact) mass is 426 g/mol. The highest BCUT2D eigenvalue weighted by molar-refractivity contribution is 9.10. The molecule has 1 N–H and O–H groups in total. The number of aliphatic hydroxyl groups is 1. The molecule has 1 atom stereocenters. The van der Waals surface area contributed by atoms with E-state index in [1.807, 2.05) is 0 Å². The molecule has 0 radical (unpaired) electrons. The van der Waals surface area contributed by atoms with Gasteiger partial charge in [0.2, 0.25) is 0 Å². The zero-order valence-corrected chi connectivity index (χ0v) is 14.0. The van der Waals surface area contributed by atoms with E-state index in [4.69, 9.17) is 23.2 Å². The summed E-state index contributed by atoms with van der Waals surface area (Å²) in [7, 11) is 0. The topological polar surface area (TPSA) is 20.2 Å². The van der Waals surface area contributed by atoms with Crippen LogP contribution in [0, 0.1) is 5.82 Å². The van der Waals surface area contributed by atoms with Crippen molar-refractivity contribution >= 4 is 55.1 Å². The van der Waals surface area contributed by atoms with E-state index in [9.17, 15) is 9.50 Å². The molecular formula is C13H7Br2Cl2FO. The minimum atomic E-state index is -1.13. The van der Waals surface area contributed by atoms with Gasteiger partial charge in [-0.05, 0) is 61.7 Å². The highest BCUT2D eigenvalue weighted by Gasteiger charge is 2.18. The van der Waals surface area contributed by atoms with Crippen LogP contribution in [0.25, 0.3) is 0 Å². The first kappa shape index (κ1) is 15.3. The van der Waals surface area contributed by atoms with E-state index in [2.05, 4.69) is 31.9 Å². The largest absolute Gasteiger partial charge is 0.384 e. The van der Waals surface area contributed by atoms with Crippen molar-refractivity contribution in [3.8, 4) is 0 Å². The smallest absolute Gasteiger partial charge is 0.130 e. The molecule has 0 fully saturated rings. The number of hydrogen-bond acceptors (Lipinski definition) is 1. The fraction of sp³-hybridized carbons (Fsp3) is 0.0769. The van der Waals surface area contributed by atoms with E-state index in [0.717, 1.165) is 0 Å². The fourth-order valence-electron chi connectivity index (χ4n) is 1.61. The Hall–Kier alpha value is -0.130. The van der Waals surface area contributed by atoms with Gasteiger partial charge < -0.3 is 5.11 Å². The Morgan fingerprint density at radius 3 is 2.26 bits per heavy atom. The Balaban J connectivity index is 2.46. The van der Waals surface area contributed by atoms with Crippen LogP contribution >= 0.6 is 55.1 Å². The molecule has 1 unspecified atom stereocenters. The van der Waals surface area contributed by atoms with E-state index in [1.54, 1.807) is 18.2 Å². The van der Waals surface area contributed by atoms with Crippen LogP contribution < -0.4 is 0 Å². The van der Waals surface area contributed by atoms with E-state index in [0.29, 0.717) is 24.6 Å². The summed E-state index contributed by atoms with van der Waals surface area (Å²) in [6, 6.07) is 7.55. The number of benzene rings is 2. The van der Waals surface area contributed by atoms with E-state index in [-0.39, 0.29) is 5.56 Å². The Bertz CT molecular complexity index is 634. The van der Waals surface area contributed by atoms with Crippen molar-refractivity contribution in [2.24, 2.45) is 0 Å². The highest BCUT2D eigenvalue weighted by Crippen LogP contribution is 2.33. The average molecular weight is 429 g/mol. The van der Waals surface area contributed by atoms with Gasteiger partial charge in [-0.1, -0.05) is 29.3 Å². The minimum Gasteiger partial charge on any atom is -0.384 e. The predicted octanol–water partition coefficient (Wildman–Crippen LogP) is 5.74. The summed E-state index contributed by atoms with van der Waals surface area (Å²) < 4.78 is 15.0. The van der Waals surface area contributed by atoms with Gasteiger partial charge in [-0.15, -0.1) is 0 Å².